The first-order valence-corrected chi connectivity index (χ1v) is 7.25. The Labute approximate surface area is 96.0 Å². The van der Waals surface area contributed by atoms with Crippen LogP contribution in [-0.2, 0) is 9.84 Å². The van der Waals surface area contributed by atoms with E-state index in [0.29, 0.717) is 6.42 Å². The minimum Gasteiger partial charge on any atom is -0.388 e. The van der Waals surface area contributed by atoms with Crippen LogP contribution in [0.2, 0.25) is 0 Å². The van der Waals surface area contributed by atoms with Gasteiger partial charge in [-0.05, 0) is 18.9 Å². The van der Waals surface area contributed by atoms with Crippen LogP contribution in [0, 0.1) is 12.8 Å². The van der Waals surface area contributed by atoms with E-state index < -0.39 is 15.9 Å². The molecule has 1 aromatic carbocycles. The van der Waals surface area contributed by atoms with Crippen LogP contribution < -0.4 is 0 Å². The second-order valence-corrected chi connectivity index (χ2v) is 6.75. The summed E-state index contributed by atoms with van der Waals surface area (Å²) in [6.45, 7) is 1.98. The summed E-state index contributed by atoms with van der Waals surface area (Å²) in [4.78, 5) is 0. The molecule has 1 aliphatic heterocycles. The Morgan fingerprint density at radius 3 is 2.44 bits per heavy atom. The average molecular weight is 240 g/mol. The van der Waals surface area contributed by atoms with Gasteiger partial charge >= 0.3 is 0 Å². The highest BCUT2D eigenvalue weighted by molar-refractivity contribution is 7.91. The van der Waals surface area contributed by atoms with Crippen molar-refractivity contribution in [3.8, 4) is 0 Å². The molecule has 3 nitrogen and oxygen atoms in total. The highest BCUT2D eigenvalue weighted by Crippen LogP contribution is 2.31. The Morgan fingerprint density at radius 1 is 1.31 bits per heavy atom. The maximum atomic E-state index is 11.3. The van der Waals surface area contributed by atoms with Crippen molar-refractivity contribution in [1.29, 1.82) is 0 Å². The second kappa shape index (κ2) is 4.18. The summed E-state index contributed by atoms with van der Waals surface area (Å²) in [7, 11) is -2.92. The van der Waals surface area contributed by atoms with E-state index in [2.05, 4.69) is 0 Å². The zero-order chi connectivity index (χ0) is 11.8. The van der Waals surface area contributed by atoms with E-state index in [4.69, 9.17) is 0 Å². The zero-order valence-electron chi connectivity index (χ0n) is 9.26. The molecule has 1 aromatic rings. The molecule has 2 unspecified atom stereocenters. The number of aliphatic hydroxyl groups excluding tert-OH is 1. The van der Waals surface area contributed by atoms with Crippen molar-refractivity contribution in [1.82, 2.24) is 0 Å². The fraction of sp³-hybridized carbons (Fsp3) is 0.500. The van der Waals surface area contributed by atoms with E-state index in [1.54, 1.807) is 0 Å². The molecule has 0 spiro atoms. The molecule has 0 bridgehead atoms. The third-order valence-electron chi connectivity index (χ3n) is 3.13. The van der Waals surface area contributed by atoms with Crippen molar-refractivity contribution in [2.45, 2.75) is 19.4 Å². The zero-order valence-corrected chi connectivity index (χ0v) is 10.1. The molecule has 1 heterocycles. The van der Waals surface area contributed by atoms with Gasteiger partial charge in [0.1, 0.15) is 0 Å². The number of rotatable bonds is 2. The maximum Gasteiger partial charge on any atom is 0.150 e. The van der Waals surface area contributed by atoms with E-state index in [1.807, 2.05) is 31.2 Å². The van der Waals surface area contributed by atoms with Crippen molar-refractivity contribution in [2.24, 2.45) is 5.92 Å². The molecular weight excluding hydrogens is 224 g/mol. The Morgan fingerprint density at radius 2 is 1.94 bits per heavy atom. The first-order chi connectivity index (χ1) is 7.48. The predicted octanol–water partition coefficient (Wildman–Crippen LogP) is 1.46. The van der Waals surface area contributed by atoms with Crippen LogP contribution in [-0.4, -0.2) is 25.0 Å². The van der Waals surface area contributed by atoms with Crippen LogP contribution in [0.3, 0.4) is 0 Å². The van der Waals surface area contributed by atoms with Gasteiger partial charge in [0, 0.05) is 5.92 Å². The average Bonchev–Trinajstić information content (AvgIpc) is 2.59. The smallest absolute Gasteiger partial charge is 0.150 e. The molecule has 1 N–H and O–H groups in total. The number of hydrogen-bond acceptors (Lipinski definition) is 3. The molecule has 2 rings (SSSR count). The number of sulfone groups is 1. The van der Waals surface area contributed by atoms with E-state index in [9.17, 15) is 13.5 Å². The van der Waals surface area contributed by atoms with Crippen LogP contribution in [0.25, 0.3) is 0 Å². The molecule has 0 aromatic heterocycles. The quantitative estimate of drug-likeness (QED) is 0.851. The largest absolute Gasteiger partial charge is 0.388 e. The molecule has 1 saturated heterocycles. The van der Waals surface area contributed by atoms with E-state index in [1.165, 1.54) is 0 Å². The van der Waals surface area contributed by atoms with Crippen molar-refractivity contribution in [2.75, 3.05) is 11.5 Å². The molecule has 0 amide bonds. The SMILES string of the molecule is Cc1ccc(C(O)C2CCS(=O)(=O)C2)cc1. The lowest BCUT2D eigenvalue weighted by molar-refractivity contribution is 0.121. The van der Waals surface area contributed by atoms with Crippen LogP contribution >= 0.6 is 0 Å². The molecule has 88 valence electrons. The Bertz CT molecular complexity index is 462. The standard InChI is InChI=1S/C12H16O3S/c1-9-2-4-10(5-3-9)12(13)11-6-7-16(14,15)8-11/h2-5,11-13H,6-8H2,1H3. The van der Waals surface area contributed by atoms with Crippen molar-refractivity contribution < 1.29 is 13.5 Å². The number of benzene rings is 1. The number of hydrogen-bond donors (Lipinski definition) is 1. The number of aliphatic hydroxyl groups is 1. The van der Waals surface area contributed by atoms with Gasteiger partial charge in [-0.15, -0.1) is 0 Å². The lowest BCUT2D eigenvalue weighted by Crippen LogP contribution is -2.14. The molecule has 0 radical (unpaired) electrons. The van der Waals surface area contributed by atoms with Gasteiger partial charge in [0.25, 0.3) is 0 Å². The molecule has 0 aliphatic carbocycles. The van der Waals surface area contributed by atoms with Crippen LogP contribution in [0.4, 0.5) is 0 Å². The fourth-order valence-electron chi connectivity index (χ4n) is 2.11. The lowest BCUT2D eigenvalue weighted by atomic mass is 9.95. The summed E-state index contributed by atoms with van der Waals surface area (Å²) in [5.41, 5.74) is 1.95. The van der Waals surface area contributed by atoms with Crippen LogP contribution in [0.15, 0.2) is 24.3 Å². The molecular formula is C12H16O3S. The van der Waals surface area contributed by atoms with Gasteiger partial charge in [-0.1, -0.05) is 29.8 Å². The topological polar surface area (TPSA) is 54.4 Å². The third-order valence-corrected chi connectivity index (χ3v) is 4.93. The molecule has 4 heteroatoms. The normalized spacial score (nSPS) is 25.5. The highest BCUT2D eigenvalue weighted by Gasteiger charge is 2.33. The summed E-state index contributed by atoms with van der Waals surface area (Å²) in [5, 5.41) is 10.1. The van der Waals surface area contributed by atoms with E-state index in [0.717, 1.165) is 11.1 Å². The molecule has 1 aliphatic rings. The minimum absolute atomic E-state index is 0.113. The maximum absolute atomic E-state index is 11.3. The monoisotopic (exact) mass is 240 g/mol. The summed E-state index contributed by atoms with van der Waals surface area (Å²) in [5.74, 6) is 0.176. The van der Waals surface area contributed by atoms with Crippen LogP contribution in [0.1, 0.15) is 23.7 Å². The first-order valence-electron chi connectivity index (χ1n) is 5.43. The Hall–Kier alpha value is -0.870. The molecule has 2 atom stereocenters. The fourth-order valence-corrected chi connectivity index (χ4v) is 3.94. The Balaban J connectivity index is 2.14. The molecule has 1 fully saturated rings. The van der Waals surface area contributed by atoms with Gasteiger partial charge in [0.15, 0.2) is 9.84 Å². The molecule has 16 heavy (non-hydrogen) atoms. The highest BCUT2D eigenvalue weighted by atomic mass is 32.2. The van der Waals surface area contributed by atoms with Gasteiger partial charge in [-0.3, -0.25) is 0 Å². The molecule has 0 saturated carbocycles. The van der Waals surface area contributed by atoms with Crippen molar-refractivity contribution >= 4 is 9.84 Å². The predicted molar refractivity (Wildman–Crippen MR) is 62.9 cm³/mol. The van der Waals surface area contributed by atoms with Crippen molar-refractivity contribution in [3.05, 3.63) is 35.4 Å². The first kappa shape index (κ1) is 11.6. The van der Waals surface area contributed by atoms with Gasteiger partial charge in [-0.2, -0.15) is 0 Å². The van der Waals surface area contributed by atoms with Crippen molar-refractivity contribution in [3.63, 3.8) is 0 Å². The van der Waals surface area contributed by atoms with Crippen LogP contribution in [0.5, 0.6) is 0 Å². The summed E-state index contributed by atoms with van der Waals surface area (Å²) in [6, 6.07) is 7.60. The number of aryl methyl sites for hydroxylation is 1. The van der Waals surface area contributed by atoms with Gasteiger partial charge in [0.2, 0.25) is 0 Å². The van der Waals surface area contributed by atoms with Gasteiger partial charge < -0.3 is 5.11 Å². The lowest BCUT2D eigenvalue weighted by Gasteiger charge is -2.16. The van der Waals surface area contributed by atoms with E-state index in [-0.39, 0.29) is 17.4 Å². The summed E-state index contributed by atoms with van der Waals surface area (Å²) < 4.78 is 22.6. The van der Waals surface area contributed by atoms with Gasteiger partial charge in [0.05, 0.1) is 17.6 Å². The minimum atomic E-state index is -2.92. The van der Waals surface area contributed by atoms with Gasteiger partial charge in [-0.25, -0.2) is 8.42 Å². The summed E-state index contributed by atoms with van der Waals surface area (Å²) in [6.07, 6.45) is -0.0879. The summed E-state index contributed by atoms with van der Waals surface area (Å²) >= 11 is 0. The second-order valence-electron chi connectivity index (χ2n) is 4.52. The third kappa shape index (κ3) is 2.44. The van der Waals surface area contributed by atoms with E-state index >= 15 is 0 Å². The Kier molecular flexibility index (Phi) is 3.04.